The fraction of sp³-hybridized carbons (Fsp3) is 0.208. The molecule has 1 atom stereocenters. The van der Waals surface area contributed by atoms with Crippen LogP contribution >= 0.6 is 20.0 Å². The van der Waals surface area contributed by atoms with Crippen LogP contribution in [0.3, 0.4) is 0 Å². The Morgan fingerprint density at radius 3 is 1.40 bits per heavy atom. The van der Waals surface area contributed by atoms with Crippen LogP contribution in [0.5, 0.6) is 0 Å². The third-order valence-corrected chi connectivity index (χ3v) is 5.26. The first-order valence-corrected chi connectivity index (χ1v) is 11.4. The molecule has 0 amide bonds. The molecule has 3 aromatic carbocycles. The molecule has 0 aromatic heterocycles. The molecule has 0 fully saturated rings. The van der Waals surface area contributed by atoms with Gasteiger partial charge in [-0.15, -0.1) is 12.4 Å². The molecule has 0 heterocycles. The zero-order valence-electron chi connectivity index (χ0n) is 20.6. The Kier molecular flexibility index (Phi) is 24.5. The second-order valence-electron chi connectivity index (χ2n) is 7.01. The molecular formula is C24H26ClNNa3O5P. The number of rotatable bonds is 8. The van der Waals surface area contributed by atoms with Gasteiger partial charge in [-0.05, 0) is 44.2 Å². The summed E-state index contributed by atoms with van der Waals surface area (Å²) < 4.78 is 9.14. The van der Waals surface area contributed by atoms with E-state index in [1.54, 1.807) is 0 Å². The van der Waals surface area contributed by atoms with Crippen LogP contribution in [-0.4, -0.2) is 12.3 Å². The molecule has 0 aliphatic rings. The van der Waals surface area contributed by atoms with Gasteiger partial charge in [-0.3, -0.25) is 0 Å². The van der Waals surface area contributed by atoms with Crippen LogP contribution < -0.4 is 109 Å². The van der Waals surface area contributed by atoms with Crippen molar-refractivity contribution in [3.05, 3.63) is 108 Å². The molecule has 0 bridgehead atoms. The summed E-state index contributed by atoms with van der Waals surface area (Å²) in [5.74, 6) is 0.433. The van der Waals surface area contributed by atoms with Gasteiger partial charge in [0.25, 0.3) is 0 Å². The molecule has 0 aliphatic carbocycles. The van der Waals surface area contributed by atoms with E-state index in [4.69, 9.17) is 24.3 Å². The van der Waals surface area contributed by atoms with Gasteiger partial charge in [0.05, 0.1) is 5.71 Å². The Morgan fingerprint density at radius 2 is 1.09 bits per heavy atom. The van der Waals surface area contributed by atoms with Crippen molar-refractivity contribution in [1.82, 2.24) is 5.32 Å². The standard InChI is InChI=1S/C23H25N.CH3O5P.ClH.3Na/c1-19(20-11-5-2-6-12-20)24-18-17-23(21-13-7-3-8-14-21)22-15-9-4-10-16-22;2-1(3)7(4,5)6;;;;/h2-16,19,23-24H,17-18H2,1H3;(H,2,3)(H2,4,5,6);1H;;;/q;;;3*+1/p-3. The number of hydrogen-bond donors (Lipinski definition) is 1. The normalized spacial score (nSPS) is 10.6. The Balaban J connectivity index is -0.000000825. The van der Waals surface area contributed by atoms with E-state index in [0.717, 1.165) is 13.0 Å². The van der Waals surface area contributed by atoms with Crippen molar-refractivity contribution in [2.45, 2.75) is 25.3 Å². The number of carbonyl (C=O) groups excluding carboxylic acids is 1. The SMILES string of the molecule is CC(NCCC(c1ccccc1)c1ccccc1)c1ccccc1.Cl.O=C([O-])P(=O)([O-])[O-].[Na+].[Na+].[Na+]. The van der Waals surface area contributed by atoms with Crippen LogP contribution in [0.2, 0.25) is 0 Å². The number of benzene rings is 3. The van der Waals surface area contributed by atoms with Crippen molar-refractivity contribution in [1.29, 1.82) is 0 Å². The zero-order valence-corrected chi connectivity index (χ0v) is 28.3. The van der Waals surface area contributed by atoms with Crippen LogP contribution in [0.25, 0.3) is 0 Å². The molecule has 11 heteroatoms. The van der Waals surface area contributed by atoms with Gasteiger partial charge in [0, 0.05) is 12.0 Å². The summed E-state index contributed by atoms with van der Waals surface area (Å²) in [6, 6.07) is 32.6. The summed E-state index contributed by atoms with van der Waals surface area (Å²) in [5.41, 5.74) is 1.55. The molecule has 3 rings (SSSR count). The quantitative estimate of drug-likeness (QED) is 0.224. The first-order valence-electron chi connectivity index (χ1n) is 9.91. The van der Waals surface area contributed by atoms with Crippen molar-refractivity contribution in [2.24, 2.45) is 0 Å². The molecule has 0 saturated carbocycles. The van der Waals surface area contributed by atoms with E-state index >= 15 is 0 Å². The first kappa shape index (κ1) is 40.0. The van der Waals surface area contributed by atoms with Crippen LogP contribution in [0.15, 0.2) is 91.0 Å². The minimum atomic E-state index is -5.43. The fourth-order valence-electron chi connectivity index (χ4n) is 3.20. The Hall–Kier alpha value is 0.530. The van der Waals surface area contributed by atoms with Gasteiger partial charge in [-0.25, -0.2) is 0 Å². The van der Waals surface area contributed by atoms with Gasteiger partial charge in [0.1, 0.15) is 0 Å². The summed E-state index contributed by atoms with van der Waals surface area (Å²) in [6.45, 7) is 3.22. The number of carbonyl (C=O) groups is 1. The summed E-state index contributed by atoms with van der Waals surface area (Å²) in [6.07, 6.45) is 1.09. The van der Waals surface area contributed by atoms with E-state index in [1.165, 1.54) is 16.7 Å². The molecule has 0 radical (unpaired) electrons. The average molecular weight is 544 g/mol. The van der Waals surface area contributed by atoms with E-state index in [1.807, 2.05) is 0 Å². The van der Waals surface area contributed by atoms with Crippen LogP contribution in [0.4, 0.5) is 4.79 Å². The van der Waals surface area contributed by atoms with Crippen molar-refractivity contribution in [2.75, 3.05) is 6.54 Å². The molecule has 35 heavy (non-hydrogen) atoms. The average Bonchev–Trinajstić information content (AvgIpc) is 2.78. The molecule has 0 aliphatic heterocycles. The molecule has 0 saturated heterocycles. The number of nitrogens with one attached hydrogen (secondary N) is 1. The molecule has 172 valence electrons. The maximum atomic E-state index is 9.14. The minimum absolute atomic E-state index is 0. The number of carboxylic acid groups (broad SMARTS) is 1. The Labute approximate surface area is 280 Å². The predicted molar refractivity (Wildman–Crippen MR) is 122 cm³/mol. The Morgan fingerprint density at radius 1 is 0.771 bits per heavy atom. The Bertz CT molecular complexity index is 943. The van der Waals surface area contributed by atoms with E-state index in [0.29, 0.717) is 12.0 Å². The summed E-state index contributed by atoms with van der Waals surface area (Å²) >= 11 is 0. The monoisotopic (exact) mass is 543 g/mol. The largest absolute Gasteiger partial charge is 1.00 e. The maximum absolute atomic E-state index is 9.14. The first-order chi connectivity index (χ1) is 14.8. The molecule has 0 spiro atoms. The third-order valence-electron chi connectivity index (χ3n) is 4.81. The van der Waals surface area contributed by atoms with E-state index in [9.17, 15) is 0 Å². The number of hydrogen-bond acceptors (Lipinski definition) is 6. The topological polar surface area (TPSA) is 115 Å². The van der Waals surface area contributed by atoms with Crippen molar-refractivity contribution >= 4 is 25.7 Å². The van der Waals surface area contributed by atoms with Crippen LogP contribution in [-0.2, 0) is 4.57 Å². The minimum Gasteiger partial charge on any atom is -0.807 e. The molecule has 1 N–H and O–H groups in total. The third kappa shape index (κ3) is 15.5. The molecule has 6 nitrogen and oxygen atoms in total. The molecular weight excluding hydrogens is 518 g/mol. The smallest absolute Gasteiger partial charge is 0.807 e. The van der Waals surface area contributed by atoms with Gasteiger partial charge in [0.2, 0.25) is 0 Å². The second kappa shape index (κ2) is 21.5. The van der Waals surface area contributed by atoms with Gasteiger partial charge in [-0.2, -0.15) is 0 Å². The molecule has 1 unspecified atom stereocenters. The van der Waals surface area contributed by atoms with Crippen LogP contribution in [0, 0.1) is 0 Å². The summed E-state index contributed by atoms with van der Waals surface area (Å²) in [5, 5.41) is 12.7. The summed E-state index contributed by atoms with van der Waals surface area (Å²) in [7, 11) is -5.43. The summed E-state index contributed by atoms with van der Waals surface area (Å²) in [4.78, 5) is 27.3. The predicted octanol–water partition coefficient (Wildman–Crippen LogP) is -5.76. The number of halogens is 1. The fourth-order valence-corrected chi connectivity index (χ4v) is 3.20. The van der Waals surface area contributed by atoms with E-state index in [2.05, 4.69) is 103 Å². The van der Waals surface area contributed by atoms with Gasteiger partial charge < -0.3 is 29.6 Å². The van der Waals surface area contributed by atoms with Crippen LogP contribution in [0.1, 0.15) is 42.0 Å². The molecule has 3 aromatic rings. The zero-order chi connectivity index (χ0) is 22.7. The van der Waals surface area contributed by atoms with Gasteiger partial charge >= 0.3 is 88.7 Å². The van der Waals surface area contributed by atoms with Crippen molar-refractivity contribution in [3.63, 3.8) is 0 Å². The van der Waals surface area contributed by atoms with Gasteiger partial charge in [0.15, 0.2) is 0 Å². The van der Waals surface area contributed by atoms with E-state index < -0.39 is 13.3 Å². The van der Waals surface area contributed by atoms with E-state index in [-0.39, 0.29) is 101 Å². The van der Waals surface area contributed by atoms with Crippen molar-refractivity contribution in [3.8, 4) is 0 Å². The second-order valence-corrected chi connectivity index (χ2v) is 8.37. The maximum Gasteiger partial charge on any atom is 1.00 e. The van der Waals surface area contributed by atoms with Gasteiger partial charge in [-0.1, -0.05) is 91.0 Å². The van der Waals surface area contributed by atoms with Crippen molar-refractivity contribution < 1.29 is 113 Å².